The summed E-state index contributed by atoms with van der Waals surface area (Å²) in [7, 11) is 0. The maximum Gasteiger partial charge on any atom is 0.122 e. The van der Waals surface area contributed by atoms with Crippen LogP contribution in [0.3, 0.4) is 0 Å². The van der Waals surface area contributed by atoms with Gasteiger partial charge in [-0.05, 0) is 42.9 Å². The second-order valence-electron chi connectivity index (χ2n) is 6.20. The first-order valence-electron chi connectivity index (χ1n) is 7.77. The summed E-state index contributed by atoms with van der Waals surface area (Å²) in [6, 6.07) is 8.51. The van der Waals surface area contributed by atoms with Crippen LogP contribution in [0.2, 0.25) is 0 Å². The maximum atomic E-state index is 5.72. The van der Waals surface area contributed by atoms with Gasteiger partial charge in [0.2, 0.25) is 0 Å². The smallest absolute Gasteiger partial charge is 0.122 e. The van der Waals surface area contributed by atoms with Crippen LogP contribution < -0.4 is 10.1 Å². The summed E-state index contributed by atoms with van der Waals surface area (Å²) >= 11 is 0. The van der Waals surface area contributed by atoms with Gasteiger partial charge in [0.25, 0.3) is 0 Å². The number of benzene rings is 1. The monoisotopic (exact) mass is 259 g/mol. The molecule has 0 bridgehead atoms. The number of nitrogens with one attached hydrogen (secondary N) is 1. The fourth-order valence-corrected chi connectivity index (χ4v) is 3.60. The Morgan fingerprint density at radius 3 is 2.89 bits per heavy atom. The molecular formula is C17H25NO. The molecule has 1 aromatic carbocycles. The molecule has 3 unspecified atom stereocenters. The van der Waals surface area contributed by atoms with E-state index >= 15 is 0 Å². The molecule has 1 N–H and O–H groups in total. The van der Waals surface area contributed by atoms with Crippen molar-refractivity contribution in [1.29, 1.82) is 0 Å². The summed E-state index contributed by atoms with van der Waals surface area (Å²) in [4.78, 5) is 0. The lowest BCUT2D eigenvalue weighted by Crippen LogP contribution is -2.30. The molecule has 0 spiro atoms. The van der Waals surface area contributed by atoms with Crippen molar-refractivity contribution >= 4 is 0 Å². The van der Waals surface area contributed by atoms with E-state index in [9.17, 15) is 0 Å². The second kappa shape index (κ2) is 5.96. The van der Waals surface area contributed by atoms with Gasteiger partial charge < -0.3 is 10.1 Å². The molecule has 1 aromatic rings. The first-order valence-corrected chi connectivity index (χ1v) is 7.77. The zero-order valence-electron chi connectivity index (χ0n) is 11.9. The van der Waals surface area contributed by atoms with Gasteiger partial charge in [0.15, 0.2) is 0 Å². The average molecular weight is 259 g/mol. The van der Waals surface area contributed by atoms with Crippen molar-refractivity contribution in [3.05, 3.63) is 29.8 Å². The van der Waals surface area contributed by atoms with Crippen LogP contribution in [0.4, 0.5) is 0 Å². The Bertz CT molecular complexity index is 417. The molecule has 1 heterocycles. The molecule has 0 amide bonds. The number of para-hydroxylation sites is 1. The zero-order valence-corrected chi connectivity index (χ0v) is 11.9. The molecule has 1 aliphatic carbocycles. The van der Waals surface area contributed by atoms with Gasteiger partial charge in [-0.15, -0.1) is 0 Å². The molecule has 19 heavy (non-hydrogen) atoms. The van der Waals surface area contributed by atoms with Crippen molar-refractivity contribution in [3.8, 4) is 5.75 Å². The van der Waals surface area contributed by atoms with E-state index in [0.717, 1.165) is 37.2 Å². The van der Waals surface area contributed by atoms with E-state index in [4.69, 9.17) is 4.74 Å². The normalized spacial score (nSPS) is 29.8. The Morgan fingerprint density at radius 2 is 2.05 bits per heavy atom. The summed E-state index contributed by atoms with van der Waals surface area (Å²) in [6.45, 7) is 5.57. The van der Waals surface area contributed by atoms with Crippen molar-refractivity contribution in [2.45, 2.75) is 38.5 Å². The Balaban J connectivity index is 1.53. The molecule has 3 atom stereocenters. The second-order valence-corrected chi connectivity index (χ2v) is 6.20. The van der Waals surface area contributed by atoms with Crippen LogP contribution in [0.25, 0.3) is 0 Å². The minimum absolute atomic E-state index is 0.627. The Morgan fingerprint density at radius 1 is 1.16 bits per heavy atom. The Labute approximate surface area is 116 Å². The van der Waals surface area contributed by atoms with Crippen LogP contribution in [-0.2, 0) is 0 Å². The lowest BCUT2D eigenvalue weighted by molar-refractivity contribution is 0.262. The van der Waals surface area contributed by atoms with Gasteiger partial charge in [0.05, 0.1) is 6.61 Å². The first kappa shape index (κ1) is 13.0. The van der Waals surface area contributed by atoms with E-state index in [-0.39, 0.29) is 0 Å². The zero-order chi connectivity index (χ0) is 13.1. The molecule has 0 aromatic heterocycles. The fraction of sp³-hybridized carbons (Fsp3) is 0.647. The van der Waals surface area contributed by atoms with E-state index < -0.39 is 0 Å². The van der Waals surface area contributed by atoms with Gasteiger partial charge in [-0.3, -0.25) is 0 Å². The molecular weight excluding hydrogens is 234 g/mol. The quantitative estimate of drug-likeness (QED) is 0.892. The lowest BCUT2D eigenvalue weighted by atomic mass is 9.92. The van der Waals surface area contributed by atoms with Crippen molar-refractivity contribution < 1.29 is 4.74 Å². The number of ether oxygens (including phenoxy) is 1. The van der Waals surface area contributed by atoms with Crippen LogP contribution in [0.15, 0.2) is 24.3 Å². The average Bonchev–Trinajstić information content (AvgIpc) is 2.85. The van der Waals surface area contributed by atoms with E-state index in [2.05, 4.69) is 36.5 Å². The summed E-state index contributed by atoms with van der Waals surface area (Å²) in [5.74, 6) is 3.53. The van der Waals surface area contributed by atoms with E-state index in [1.165, 1.54) is 31.4 Å². The highest BCUT2D eigenvalue weighted by Crippen LogP contribution is 2.33. The predicted molar refractivity (Wildman–Crippen MR) is 78.7 cm³/mol. The Hall–Kier alpha value is -1.02. The third-order valence-electron chi connectivity index (χ3n) is 4.92. The number of rotatable bonds is 4. The number of hydrogen-bond acceptors (Lipinski definition) is 2. The SMILES string of the molecule is CC1CCCC1CNCC1CCOc2ccccc21. The molecule has 1 aliphatic heterocycles. The summed E-state index contributed by atoms with van der Waals surface area (Å²) in [5, 5.41) is 3.71. The summed E-state index contributed by atoms with van der Waals surface area (Å²) in [6.07, 6.45) is 5.41. The maximum absolute atomic E-state index is 5.72. The standard InChI is InChI=1S/C17H25NO/c1-13-5-4-6-14(13)11-18-12-15-9-10-19-17-8-3-2-7-16(15)17/h2-3,7-8,13-15,18H,4-6,9-12H2,1H3. The van der Waals surface area contributed by atoms with Gasteiger partial charge in [-0.25, -0.2) is 0 Å². The molecule has 1 fully saturated rings. The van der Waals surface area contributed by atoms with Gasteiger partial charge in [-0.1, -0.05) is 38.0 Å². The number of fused-ring (bicyclic) bond motifs is 1. The van der Waals surface area contributed by atoms with Gasteiger partial charge in [0, 0.05) is 12.5 Å². The van der Waals surface area contributed by atoms with Crippen molar-refractivity contribution in [2.75, 3.05) is 19.7 Å². The molecule has 0 radical (unpaired) electrons. The molecule has 2 aliphatic rings. The largest absolute Gasteiger partial charge is 0.493 e. The topological polar surface area (TPSA) is 21.3 Å². The van der Waals surface area contributed by atoms with Crippen LogP contribution in [0.5, 0.6) is 5.75 Å². The molecule has 3 rings (SSSR count). The highest BCUT2D eigenvalue weighted by Gasteiger charge is 2.24. The summed E-state index contributed by atoms with van der Waals surface area (Å²) < 4.78 is 5.72. The van der Waals surface area contributed by atoms with Crippen LogP contribution in [0, 0.1) is 11.8 Å². The molecule has 2 heteroatoms. The van der Waals surface area contributed by atoms with Crippen LogP contribution in [-0.4, -0.2) is 19.7 Å². The lowest BCUT2D eigenvalue weighted by Gasteiger charge is -2.27. The van der Waals surface area contributed by atoms with Gasteiger partial charge in [-0.2, -0.15) is 0 Å². The van der Waals surface area contributed by atoms with Gasteiger partial charge >= 0.3 is 0 Å². The highest BCUT2D eigenvalue weighted by atomic mass is 16.5. The van der Waals surface area contributed by atoms with E-state index in [1.54, 1.807) is 0 Å². The molecule has 2 nitrogen and oxygen atoms in total. The molecule has 1 saturated carbocycles. The third-order valence-corrected chi connectivity index (χ3v) is 4.92. The van der Waals surface area contributed by atoms with Gasteiger partial charge in [0.1, 0.15) is 5.75 Å². The first-order chi connectivity index (χ1) is 9.34. The third kappa shape index (κ3) is 2.94. The van der Waals surface area contributed by atoms with E-state index in [1.807, 2.05) is 0 Å². The van der Waals surface area contributed by atoms with Crippen LogP contribution >= 0.6 is 0 Å². The van der Waals surface area contributed by atoms with Crippen molar-refractivity contribution in [3.63, 3.8) is 0 Å². The minimum atomic E-state index is 0.627. The van der Waals surface area contributed by atoms with Crippen molar-refractivity contribution in [1.82, 2.24) is 5.32 Å². The fourth-order valence-electron chi connectivity index (χ4n) is 3.60. The number of hydrogen-bond donors (Lipinski definition) is 1. The van der Waals surface area contributed by atoms with Crippen molar-refractivity contribution in [2.24, 2.45) is 11.8 Å². The highest BCUT2D eigenvalue weighted by molar-refractivity contribution is 5.37. The molecule has 0 saturated heterocycles. The predicted octanol–water partition coefficient (Wildman–Crippen LogP) is 3.58. The minimum Gasteiger partial charge on any atom is -0.493 e. The Kier molecular flexibility index (Phi) is 4.07. The molecule has 104 valence electrons. The summed E-state index contributed by atoms with van der Waals surface area (Å²) in [5.41, 5.74) is 1.39. The van der Waals surface area contributed by atoms with Crippen LogP contribution in [0.1, 0.15) is 44.1 Å². The van der Waals surface area contributed by atoms with E-state index in [0.29, 0.717) is 5.92 Å².